The van der Waals surface area contributed by atoms with E-state index in [1.54, 1.807) is 0 Å². The summed E-state index contributed by atoms with van der Waals surface area (Å²) in [5, 5.41) is 3.02. The molecule has 0 aromatic carbocycles. The zero-order valence-corrected chi connectivity index (χ0v) is 18.5. The van der Waals surface area contributed by atoms with Gasteiger partial charge in [-0.25, -0.2) is 9.97 Å². The van der Waals surface area contributed by atoms with E-state index >= 15 is 0 Å². The lowest BCUT2D eigenvalue weighted by atomic mass is 9.92. The molecule has 0 radical (unpaired) electrons. The molecule has 0 atom stereocenters. The van der Waals surface area contributed by atoms with Crippen molar-refractivity contribution in [2.45, 2.75) is 53.5 Å². The number of nitrogens with one attached hydrogen (secondary N) is 1. The van der Waals surface area contributed by atoms with Crippen molar-refractivity contribution < 1.29 is 4.79 Å². The monoisotopic (exact) mass is 395 g/mol. The molecule has 1 aliphatic rings. The Balaban J connectivity index is 1.84. The average molecular weight is 396 g/mol. The molecule has 0 saturated carbocycles. The Labute approximate surface area is 174 Å². The molecule has 1 N–H and O–H groups in total. The van der Waals surface area contributed by atoms with Gasteiger partial charge < -0.3 is 15.1 Å². The van der Waals surface area contributed by atoms with Crippen molar-refractivity contribution in [3.63, 3.8) is 0 Å². The number of hydrogen-bond acceptors (Lipinski definition) is 5. The highest BCUT2D eigenvalue weighted by Gasteiger charge is 2.23. The van der Waals surface area contributed by atoms with Gasteiger partial charge in [0.15, 0.2) is 0 Å². The number of fused-ring (bicyclic) bond motifs is 1. The van der Waals surface area contributed by atoms with Crippen LogP contribution in [-0.2, 0) is 17.8 Å². The second kappa shape index (κ2) is 8.39. The first kappa shape index (κ1) is 21.1. The van der Waals surface area contributed by atoms with Crippen molar-refractivity contribution in [2.75, 3.05) is 35.8 Å². The van der Waals surface area contributed by atoms with E-state index in [1.165, 1.54) is 5.56 Å². The third kappa shape index (κ3) is 5.25. The van der Waals surface area contributed by atoms with Crippen molar-refractivity contribution in [1.29, 1.82) is 0 Å². The molecular formula is C23H33N5O. The standard InChI is InChI=1S/C23H33N5O/c1-16-13-19-18(25-21(16)26-20(29)14-23(2,3)4)10-8-12-28(19)15-17-9-7-11-24-22(17)27(5)6/h7,9,11,13H,8,10,12,14-15H2,1-6H3,(H,25,26,29). The van der Waals surface area contributed by atoms with Crippen LogP contribution in [0.2, 0.25) is 0 Å². The molecule has 3 heterocycles. The predicted octanol–water partition coefficient (Wildman–Crippen LogP) is 4.18. The van der Waals surface area contributed by atoms with E-state index in [-0.39, 0.29) is 11.3 Å². The van der Waals surface area contributed by atoms with Crippen LogP contribution in [0.25, 0.3) is 0 Å². The van der Waals surface area contributed by atoms with Crippen LogP contribution in [0.4, 0.5) is 17.3 Å². The van der Waals surface area contributed by atoms with E-state index in [0.29, 0.717) is 12.2 Å². The van der Waals surface area contributed by atoms with Crippen LogP contribution in [-0.4, -0.2) is 36.5 Å². The summed E-state index contributed by atoms with van der Waals surface area (Å²) in [5.74, 6) is 1.71. The third-order valence-electron chi connectivity index (χ3n) is 5.05. The lowest BCUT2D eigenvalue weighted by molar-refractivity contribution is -0.117. The quantitative estimate of drug-likeness (QED) is 0.823. The number of pyridine rings is 2. The molecular weight excluding hydrogens is 362 g/mol. The van der Waals surface area contributed by atoms with E-state index in [0.717, 1.165) is 48.7 Å². The maximum Gasteiger partial charge on any atom is 0.226 e. The molecule has 1 amide bonds. The maximum absolute atomic E-state index is 12.4. The van der Waals surface area contributed by atoms with Gasteiger partial charge in [0.2, 0.25) is 5.91 Å². The number of carbonyl (C=O) groups is 1. The van der Waals surface area contributed by atoms with Crippen molar-refractivity contribution in [2.24, 2.45) is 5.41 Å². The SMILES string of the molecule is Cc1cc2c(nc1NC(=O)CC(C)(C)C)CCCN2Cc1cccnc1N(C)C. The van der Waals surface area contributed by atoms with Crippen LogP contribution >= 0.6 is 0 Å². The smallest absolute Gasteiger partial charge is 0.226 e. The zero-order valence-electron chi connectivity index (χ0n) is 18.5. The molecule has 0 saturated heterocycles. The Kier molecular flexibility index (Phi) is 6.10. The normalized spacial score (nSPS) is 13.8. The number of amides is 1. The molecule has 6 heteroatoms. The molecule has 0 fully saturated rings. The molecule has 0 spiro atoms. The molecule has 3 rings (SSSR count). The molecule has 0 aliphatic carbocycles. The van der Waals surface area contributed by atoms with Gasteiger partial charge in [-0.05, 0) is 42.9 Å². The van der Waals surface area contributed by atoms with Gasteiger partial charge in [-0.1, -0.05) is 26.8 Å². The van der Waals surface area contributed by atoms with Crippen LogP contribution in [0.3, 0.4) is 0 Å². The average Bonchev–Trinajstić information content (AvgIpc) is 2.61. The van der Waals surface area contributed by atoms with Crippen molar-refractivity contribution in [3.8, 4) is 0 Å². The van der Waals surface area contributed by atoms with Crippen molar-refractivity contribution in [3.05, 3.63) is 41.2 Å². The molecule has 0 unspecified atom stereocenters. The predicted molar refractivity (Wildman–Crippen MR) is 120 cm³/mol. The summed E-state index contributed by atoms with van der Waals surface area (Å²) in [4.78, 5) is 26.2. The van der Waals surface area contributed by atoms with Gasteiger partial charge in [0.1, 0.15) is 11.6 Å². The molecule has 2 aromatic heterocycles. The Morgan fingerprint density at radius 2 is 2.07 bits per heavy atom. The van der Waals surface area contributed by atoms with E-state index in [2.05, 4.69) is 53.0 Å². The van der Waals surface area contributed by atoms with E-state index in [9.17, 15) is 4.79 Å². The van der Waals surface area contributed by atoms with Gasteiger partial charge >= 0.3 is 0 Å². The lowest BCUT2D eigenvalue weighted by Crippen LogP contribution is -2.31. The summed E-state index contributed by atoms with van der Waals surface area (Å²) in [6.07, 6.45) is 4.30. The van der Waals surface area contributed by atoms with Crippen molar-refractivity contribution >= 4 is 23.2 Å². The Morgan fingerprint density at radius 3 is 2.76 bits per heavy atom. The molecule has 2 aromatic rings. The number of hydrogen-bond donors (Lipinski definition) is 1. The minimum atomic E-state index is -0.0448. The molecule has 6 nitrogen and oxygen atoms in total. The van der Waals surface area contributed by atoms with Crippen LogP contribution in [0.1, 0.15) is 50.4 Å². The number of nitrogens with zero attached hydrogens (tertiary/aromatic N) is 4. The maximum atomic E-state index is 12.4. The topological polar surface area (TPSA) is 61.4 Å². The molecule has 0 bridgehead atoms. The molecule has 29 heavy (non-hydrogen) atoms. The highest BCUT2D eigenvalue weighted by atomic mass is 16.1. The summed E-state index contributed by atoms with van der Waals surface area (Å²) in [6, 6.07) is 6.29. The van der Waals surface area contributed by atoms with E-state index in [4.69, 9.17) is 4.98 Å². The number of carbonyl (C=O) groups excluding carboxylic acids is 1. The Bertz CT molecular complexity index is 885. The second-order valence-electron chi connectivity index (χ2n) is 9.31. The summed E-state index contributed by atoms with van der Waals surface area (Å²) in [6.45, 7) is 10.0. The van der Waals surface area contributed by atoms with Crippen molar-refractivity contribution in [1.82, 2.24) is 9.97 Å². The van der Waals surface area contributed by atoms with Crippen LogP contribution in [0.15, 0.2) is 24.4 Å². The highest BCUT2D eigenvalue weighted by Crippen LogP contribution is 2.32. The van der Waals surface area contributed by atoms with Gasteiger partial charge in [-0.3, -0.25) is 4.79 Å². The summed E-state index contributed by atoms with van der Waals surface area (Å²) >= 11 is 0. The molecule has 156 valence electrons. The Morgan fingerprint density at radius 1 is 1.31 bits per heavy atom. The number of rotatable bonds is 5. The van der Waals surface area contributed by atoms with E-state index < -0.39 is 0 Å². The zero-order chi connectivity index (χ0) is 21.2. The van der Waals surface area contributed by atoms with Gasteiger partial charge in [0.05, 0.1) is 11.4 Å². The minimum absolute atomic E-state index is 0.0201. The van der Waals surface area contributed by atoms with Crippen LogP contribution < -0.4 is 15.1 Å². The minimum Gasteiger partial charge on any atom is -0.366 e. The number of aryl methyl sites for hydroxylation is 2. The number of aromatic nitrogens is 2. The first-order chi connectivity index (χ1) is 13.6. The summed E-state index contributed by atoms with van der Waals surface area (Å²) in [7, 11) is 4.04. The van der Waals surface area contributed by atoms with Gasteiger partial charge in [-0.2, -0.15) is 0 Å². The van der Waals surface area contributed by atoms with Gasteiger partial charge in [-0.15, -0.1) is 0 Å². The van der Waals surface area contributed by atoms with Gasteiger partial charge in [0, 0.05) is 45.4 Å². The highest BCUT2D eigenvalue weighted by molar-refractivity contribution is 5.91. The van der Waals surface area contributed by atoms with Gasteiger partial charge in [0.25, 0.3) is 0 Å². The largest absolute Gasteiger partial charge is 0.366 e. The van der Waals surface area contributed by atoms with Crippen LogP contribution in [0.5, 0.6) is 0 Å². The summed E-state index contributed by atoms with van der Waals surface area (Å²) in [5.41, 5.74) is 4.37. The second-order valence-corrected chi connectivity index (χ2v) is 9.31. The van der Waals surface area contributed by atoms with E-state index in [1.807, 2.05) is 33.3 Å². The third-order valence-corrected chi connectivity index (χ3v) is 5.05. The first-order valence-electron chi connectivity index (χ1n) is 10.3. The first-order valence-corrected chi connectivity index (χ1v) is 10.3. The fourth-order valence-corrected chi connectivity index (χ4v) is 3.76. The fourth-order valence-electron chi connectivity index (χ4n) is 3.76. The molecule has 1 aliphatic heterocycles. The Hall–Kier alpha value is -2.63. The summed E-state index contributed by atoms with van der Waals surface area (Å²) < 4.78 is 0. The van der Waals surface area contributed by atoms with Crippen LogP contribution in [0, 0.1) is 12.3 Å². The fraction of sp³-hybridized carbons (Fsp3) is 0.522. The lowest BCUT2D eigenvalue weighted by Gasteiger charge is -2.32. The number of anilines is 3.